The lowest BCUT2D eigenvalue weighted by Crippen LogP contribution is -2.51. The van der Waals surface area contributed by atoms with Gasteiger partial charge in [0, 0.05) is 31.8 Å². The van der Waals surface area contributed by atoms with Crippen LogP contribution in [0, 0.1) is 5.92 Å². The standard InChI is InChI=1S/C21H28N2O2/c1-15(24)23-14-18(16-8-4-2-5-9-16)20-19(23)10-6-3-7-13-22(20)21(25)17-11-12-17/h2,4-5,8-9,17-20H,3,6-7,10-14H2,1H3/t18-,19+,20-/m0/s1. The van der Waals surface area contributed by atoms with Crippen LogP contribution in [0.5, 0.6) is 0 Å². The van der Waals surface area contributed by atoms with Gasteiger partial charge in [-0.2, -0.15) is 0 Å². The first-order valence-corrected chi connectivity index (χ1v) is 9.79. The first kappa shape index (κ1) is 16.6. The predicted molar refractivity (Wildman–Crippen MR) is 97.1 cm³/mol. The van der Waals surface area contributed by atoms with E-state index in [9.17, 15) is 9.59 Å². The molecule has 1 aromatic carbocycles. The molecule has 0 N–H and O–H groups in total. The molecule has 134 valence electrons. The van der Waals surface area contributed by atoms with E-state index in [2.05, 4.69) is 29.2 Å². The number of hydrogen-bond donors (Lipinski definition) is 0. The van der Waals surface area contributed by atoms with Gasteiger partial charge in [-0.15, -0.1) is 0 Å². The summed E-state index contributed by atoms with van der Waals surface area (Å²) >= 11 is 0. The van der Waals surface area contributed by atoms with Crippen LogP contribution < -0.4 is 0 Å². The Balaban J connectivity index is 1.72. The highest BCUT2D eigenvalue weighted by atomic mass is 16.2. The van der Waals surface area contributed by atoms with Gasteiger partial charge in [0.05, 0.1) is 12.1 Å². The van der Waals surface area contributed by atoms with Crippen molar-refractivity contribution in [3.05, 3.63) is 35.9 Å². The maximum absolute atomic E-state index is 13.0. The molecule has 0 bridgehead atoms. The van der Waals surface area contributed by atoms with Crippen LogP contribution in [0.4, 0.5) is 0 Å². The molecular formula is C21H28N2O2. The van der Waals surface area contributed by atoms with E-state index in [-0.39, 0.29) is 29.8 Å². The molecule has 2 amide bonds. The molecule has 0 spiro atoms. The van der Waals surface area contributed by atoms with Gasteiger partial charge in [-0.1, -0.05) is 43.2 Å². The maximum atomic E-state index is 13.0. The number of nitrogens with zero attached hydrogens (tertiary/aromatic N) is 2. The highest BCUT2D eigenvalue weighted by Crippen LogP contribution is 2.41. The van der Waals surface area contributed by atoms with Gasteiger partial charge in [-0.3, -0.25) is 9.59 Å². The Morgan fingerprint density at radius 1 is 0.960 bits per heavy atom. The Labute approximate surface area is 150 Å². The average Bonchev–Trinajstić information content (AvgIpc) is 3.38. The van der Waals surface area contributed by atoms with Gasteiger partial charge >= 0.3 is 0 Å². The molecule has 0 aromatic heterocycles. The Kier molecular flexibility index (Phi) is 4.53. The first-order chi connectivity index (χ1) is 12.2. The van der Waals surface area contributed by atoms with Crippen molar-refractivity contribution < 1.29 is 9.59 Å². The van der Waals surface area contributed by atoms with Gasteiger partial charge in [0.25, 0.3) is 0 Å². The predicted octanol–water partition coefficient (Wildman–Crippen LogP) is 3.18. The zero-order chi connectivity index (χ0) is 17.4. The van der Waals surface area contributed by atoms with Crippen molar-refractivity contribution in [3.63, 3.8) is 0 Å². The number of carbonyl (C=O) groups excluding carboxylic acids is 2. The monoisotopic (exact) mass is 340 g/mol. The normalized spacial score (nSPS) is 29.7. The van der Waals surface area contributed by atoms with Crippen molar-refractivity contribution in [2.75, 3.05) is 13.1 Å². The summed E-state index contributed by atoms with van der Waals surface area (Å²) in [5.41, 5.74) is 1.26. The van der Waals surface area contributed by atoms with Crippen molar-refractivity contribution in [3.8, 4) is 0 Å². The number of benzene rings is 1. The second-order valence-corrected chi connectivity index (χ2v) is 7.90. The third-order valence-electron chi connectivity index (χ3n) is 6.20. The van der Waals surface area contributed by atoms with Crippen molar-refractivity contribution in [1.82, 2.24) is 9.80 Å². The van der Waals surface area contributed by atoms with Gasteiger partial charge < -0.3 is 9.80 Å². The van der Waals surface area contributed by atoms with E-state index in [1.165, 1.54) is 5.56 Å². The number of hydrogen-bond acceptors (Lipinski definition) is 2. The van der Waals surface area contributed by atoms with Crippen LogP contribution in [-0.4, -0.2) is 46.8 Å². The Morgan fingerprint density at radius 2 is 1.72 bits per heavy atom. The smallest absolute Gasteiger partial charge is 0.226 e. The Hall–Kier alpha value is -1.84. The van der Waals surface area contributed by atoms with Crippen molar-refractivity contribution in [2.45, 2.75) is 63.5 Å². The summed E-state index contributed by atoms with van der Waals surface area (Å²) in [7, 11) is 0. The van der Waals surface area contributed by atoms with Crippen LogP contribution in [-0.2, 0) is 9.59 Å². The minimum absolute atomic E-state index is 0.139. The maximum Gasteiger partial charge on any atom is 0.226 e. The molecule has 1 aliphatic carbocycles. The molecule has 3 atom stereocenters. The van der Waals surface area contributed by atoms with E-state index < -0.39 is 0 Å². The summed E-state index contributed by atoms with van der Waals surface area (Å²) in [6.45, 7) is 3.27. The van der Waals surface area contributed by atoms with E-state index in [1.807, 2.05) is 11.0 Å². The summed E-state index contributed by atoms with van der Waals surface area (Å²) in [5, 5.41) is 0. The highest BCUT2D eigenvalue weighted by Gasteiger charge is 2.49. The lowest BCUT2D eigenvalue weighted by molar-refractivity contribution is -0.138. The Morgan fingerprint density at radius 3 is 2.40 bits per heavy atom. The van der Waals surface area contributed by atoms with E-state index in [4.69, 9.17) is 0 Å². The number of likely N-dealkylation sites (tertiary alicyclic amines) is 2. The van der Waals surface area contributed by atoms with Gasteiger partial charge in [0.2, 0.25) is 11.8 Å². The topological polar surface area (TPSA) is 40.6 Å². The van der Waals surface area contributed by atoms with E-state index in [0.717, 1.165) is 51.6 Å². The van der Waals surface area contributed by atoms with Crippen LogP contribution in [0.15, 0.2) is 30.3 Å². The molecular weight excluding hydrogens is 312 g/mol. The minimum atomic E-state index is 0.139. The number of rotatable bonds is 2. The molecule has 0 radical (unpaired) electrons. The molecule has 0 unspecified atom stereocenters. The fraction of sp³-hybridized carbons (Fsp3) is 0.619. The molecule has 1 saturated carbocycles. The summed E-state index contributed by atoms with van der Waals surface area (Å²) in [6, 6.07) is 10.8. The van der Waals surface area contributed by atoms with Gasteiger partial charge in [-0.05, 0) is 31.2 Å². The van der Waals surface area contributed by atoms with Gasteiger partial charge in [0.15, 0.2) is 0 Å². The highest BCUT2D eigenvalue weighted by molar-refractivity contribution is 5.82. The lowest BCUT2D eigenvalue weighted by Gasteiger charge is -2.39. The molecule has 4 heteroatoms. The molecule has 25 heavy (non-hydrogen) atoms. The fourth-order valence-corrected chi connectivity index (χ4v) is 4.81. The van der Waals surface area contributed by atoms with Crippen molar-refractivity contribution in [1.29, 1.82) is 0 Å². The third-order valence-corrected chi connectivity index (χ3v) is 6.20. The zero-order valence-electron chi connectivity index (χ0n) is 15.1. The molecule has 3 aliphatic rings. The van der Waals surface area contributed by atoms with E-state index in [1.54, 1.807) is 6.92 Å². The average molecular weight is 340 g/mol. The second-order valence-electron chi connectivity index (χ2n) is 7.90. The van der Waals surface area contributed by atoms with Crippen molar-refractivity contribution >= 4 is 11.8 Å². The molecule has 1 aromatic rings. The molecule has 2 heterocycles. The summed E-state index contributed by atoms with van der Waals surface area (Å²) in [4.78, 5) is 29.6. The summed E-state index contributed by atoms with van der Waals surface area (Å²) in [5.74, 6) is 0.954. The van der Waals surface area contributed by atoms with Gasteiger partial charge in [-0.25, -0.2) is 0 Å². The Bertz CT molecular complexity index is 641. The summed E-state index contributed by atoms with van der Waals surface area (Å²) in [6.07, 6.45) is 6.49. The summed E-state index contributed by atoms with van der Waals surface area (Å²) < 4.78 is 0. The second kappa shape index (κ2) is 6.81. The van der Waals surface area contributed by atoms with Crippen LogP contribution in [0.2, 0.25) is 0 Å². The largest absolute Gasteiger partial charge is 0.337 e. The molecule has 2 saturated heterocycles. The number of carbonyl (C=O) groups is 2. The number of amides is 2. The quantitative estimate of drug-likeness (QED) is 0.830. The zero-order valence-corrected chi connectivity index (χ0v) is 15.1. The van der Waals surface area contributed by atoms with Crippen LogP contribution in [0.3, 0.4) is 0 Å². The van der Waals surface area contributed by atoms with Gasteiger partial charge in [0.1, 0.15) is 0 Å². The van der Waals surface area contributed by atoms with E-state index in [0.29, 0.717) is 5.91 Å². The SMILES string of the molecule is CC(=O)N1C[C@@H](c2ccccc2)[C@H]2[C@H]1CCCCCN2C(=O)C1CC1. The van der Waals surface area contributed by atoms with Crippen LogP contribution in [0.25, 0.3) is 0 Å². The molecule has 3 fully saturated rings. The van der Waals surface area contributed by atoms with Crippen LogP contribution in [0.1, 0.15) is 56.9 Å². The lowest BCUT2D eigenvalue weighted by atomic mass is 9.86. The van der Waals surface area contributed by atoms with Crippen LogP contribution >= 0.6 is 0 Å². The first-order valence-electron chi connectivity index (χ1n) is 9.79. The molecule has 4 nitrogen and oxygen atoms in total. The molecule has 4 rings (SSSR count). The van der Waals surface area contributed by atoms with E-state index >= 15 is 0 Å². The number of fused-ring (bicyclic) bond motifs is 1. The fourth-order valence-electron chi connectivity index (χ4n) is 4.81. The molecule has 2 aliphatic heterocycles. The third kappa shape index (κ3) is 3.19. The minimum Gasteiger partial charge on any atom is -0.337 e. The van der Waals surface area contributed by atoms with Crippen molar-refractivity contribution in [2.24, 2.45) is 5.92 Å².